The van der Waals surface area contributed by atoms with E-state index in [0.29, 0.717) is 18.2 Å². The number of H-pyrrole nitrogens is 1. The van der Waals surface area contributed by atoms with Crippen LogP contribution in [0.2, 0.25) is 5.02 Å². The minimum Gasteiger partial charge on any atom is -0.489 e. The van der Waals surface area contributed by atoms with Gasteiger partial charge in [0, 0.05) is 23.1 Å². The molecular weight excluding hydrogens is 424 g/mol. The van der Waals surface area contributed by atoms with Crippen molar-refractivity contribution in [2.24, 2.45) is 0 Å². The molecule has 2 aromatic heterocycles. The Labute approximate surface area is 192 Å². The fourth-order valence-electron chi connectivity index (χ4n) is 3.86. The molecule has 2 heterocycles. The molecule has 2 aromatic carbocycles. The average Bonchev–Trinajstić information content (AvgIpc) is 3.23. The van der Waals surface area contributed by atoms with E-state index in [1.54, 1.807) is 4.68 Å². The van der Waals surface area contributed by atoms with E-state index in [4.69, 9.17) is 16.3 Å². The second-order valence-electron chi connectivity index (χ2n) is 7.95. The van der Waals surface area contributed by atoms with Gasteiger partial charge in [-0.15, -0.1) is 0 Å². The van der Waals surface area contributed by atoms with E-state index in [1.807, 2.05) is 56.3 Å². The molecule has 7 heteroatoms. The van der Waals surface area contributed by atoms with Crippen LogP contribution in [0.5, 0.6) is 5.75 Å². The van der Waals surface area contributed by atoms with Gasteiger partial charge in [-0.3, -0.25) is 9.48 Å². The number of carbonyl (C=O) groups excluding carboxylic acids is 1. The number of halogens is 1. The Morgan fingerprint density at radius 1 is 1.16 bits per heavy atom. The zero-order valence-corrected chi connectivity index (χ0v) is 19.3. The maximum atomic E-state index is 12.4. The van der Waals surface area contributed by atoms with E-state index < -0.39 is 0 Å². The molecule has 166 valence electrons. The van der Waals surface area contributed by atoms with Crippen molar-refractivity contribution < 1.29 is 9.53 Å². The third kappa shape index (κ3) is 4.81. The van der Waals surface area contributed by atoms with Gasteiger partial charge in [-0.1, -0.05) is 41.9 Å². The van der Waals surface area contributed by atoms with Crippen LogP contribution < -0.4 is 10.1 Å². The van der Waals surface area contributed by atoms with Crippen LogP contribution in [0.15, 0.2) is 48.5 Å². The molecule has 0 aliphatic heterocycles. The highest BCUT2D eigenvalue weighted by atomic mass is 35.5. The Kier molecular flexibility index (Phi) is 6.51. The Morgan fingerprint density at radius 2 is 1.94 bits per heavy atom. The monoisotopic (exact) mass is 450 g/mol. The van der Waals surface area contributed by atoms with Gasteiger partial charge in [0.05, 0.1) is 16.4 Å². The van der Waals surface area contributed by atoms with Gasteiger partial charge in [0.2, 0.25) is 5.91 Å². The zero-order valence-electron chi connectivity index (χ0n) is 18.5. The van der Waals surface area contributed by atoms with E-state index in [0.717, 1.165) is 45.7 Å². The van der Waals surface area contributed by atoms with Crippen LogP contribution in [0.4, 0.5) is 0 Å². The van der Waals surface area contributed by atoms with Crippen LogP contribution in [0.3, 0.4) is 0 Å². The van der Waals surface area contributed by atoms with Crippen LogP contribution in [-0.2, 0) is 24.4 Å². The number of aromatic amines is 1. The summed E-state index contributed by atoms with van der Waals surface area (Å²) in [4.78, 5) is 15.8. The summed E-state index contributed by atoms with van der Waals surface area (Å²) >= 11 is 6.17. The number of benzene rings is 2. The zero-order chi connectivity index (χ0) is 22.7. The number of amides is 1. The molecule has 0 bridgehead atoms. The van der Waals surface area contributed by atoms with E-state index in [1.165, 1.54) is 5.56 Å². The van der Waals surface area contributed by atoms with Gasteiger partial charge in [-0.25, -0.2) is 0 Å². The Bertz CT molecular complexity index is 1240. The molecule has 4 aromatic rings. The first-order valence-electron chi connectivity index (χ1n) is 10.7. The van der Waals surface area contributed by atoms with Crippen molar-refractivity contribution in [1.82, 2.24) is 20.1 Å². The normalized spacial score (nSPS) is 11.1. The third-order valence-electron chi connectivity index (χ3n) is 5.62. The minimum absolute atomic E-state index is 0.0864. The summed E-state index contributed by atoms with van der Waals surface area (Å²) in [6.07, 6.45) is 0.720. The molecule has 32 heavy (non-hydrogen) atoms. The number of nitrogens with one attached hydrogen (secondary N) is 2. The van der Waals surface area contributed by atoms with Gasteiger partial charge in [0.25, 0.3) is 0 Å². The number of aryl methyl sites for hydroxylation is 2. The van der Waals surface area contributed by atoms with Crippen LogP contribution in [0.25, 0.3) is 10.9 Å². The molecule has 0 radical (unpaired) electrons. The quantitative estimate of drug-likeness (QED) is 0.402. The van der Waals surface area contributed by atoms with Crippen molar-refractivity contribution in [2.45, 2.75) is 40.3 Å². The second kappa shape index (κ2) is 9.49. The largest absolute Gasteiger partial charge is 0.489 e. The summed E-state index contributed by atoms with van der Waals surface area (Å²) in [5.74, 6) is 0.740. The molecular formula is C25H27ClN4O2. The van der Waals surface area contributed by atoms with Gasteiger partial charge in [-0.05, 0) is 56.5 Å². The molecule has 0 aliphatic carbocycles. The molecule has 0 saturated heterocycles. The number of carbonyl (C=O) groups is 1. The fraction of sp³-hybridized carbons (Fsp3) is 0.280. The van der Waals surface area contributed by atoms with Gasteiger partial charge in [-0.2, -0.15) is 5.10 Å². The Hall–Kier alpha value is -3.25. The van der Waals surface area contributed by atoms with Crippen LogP contribution >= 0.6 is 11.6 Å². The molecule has 0 spiro atoms. The van der Waals surface area contributed by atoms with Crippen molar-refractivity contribution in [3.8, 4) is 5.75 Å². The van der Waals surface area contributed by atoms with Gasteiger partial charge < -0.3 is 15.0 Å². The van der Waals surface area contributed by atoms with Crippen LogP contribution in [-0.4, -0.2) is 27.2 Å². The predicted molar refractivity (Wildman–Crippen MR) is 127 cm³/mol. The van der Waals surface area contributed by atoms with Crippen molar-refractivity contribution >= 4 is 28.4 Å². The first-order valence-corrected chi connectivity index (χ1v) is 11.0. The Balaban J connectivity index is 1.39. The predicted octanol–water partition coefficient (Wildman–Crippen LogP) is 4.88. The number of rotatable bonds is 8. The lowest BCUT2D eigenvalue weighted by Gasteiger charge is -2.09. The standard InChI is InChI=1S/C25H27ClN4O2/c1-16-21(11-12-27-24(31)14-30-18(3)25(26)17(2)29-30)22-13-20(9-10-23(22)28-16)32-15-19-7-5-4-6-8-19/h4-10,13,28H,11-12,14-15H2,1-3H3,(H,27,31). The maximum absolute atomic E-state index is 12.4. The molecule has 2 N–H and O–H groups in total. The number of aromatic nitrogens is 3. The summed E-state index contributed by atoms with van der Waals surface area (Å²) in [5, 5.41) is 9.03. The number of nitrogens with zero attached hydrogens (tertiary/aromatic N) is 2. The number of ether oxygens (including phenoxy) is 1. The smallest absolute Gasteiger partial charge is 0.241 e. The Morgan fingerprint density at radius 3 is 2.66 bits per heavy atom. The summed E-state index contributed by atoms with van der Waals surface area (Å²) < 4.78 is 7.63. The molecule has 6 nitrogen and oxygen atoms in total. The van der Waals surface area contributed by atoms with E-state index in [2.05, 4.69) is 28.4 Å². The van der Waals surface area contributed by atoms with Gasteiger partial charge in [0.1, 0.15) is 18.9 Å². The van der Waals surface area contributed by atoms with Crippen LogP contribution in [0.1, 0.15) is 28.2 Å². The first-order chi connectivity index (χ1) is 15.4. The van der Waals surface area contributed by atoms with Crippen molar-refractivity contribution in [2.75, 3.05) is 6.54 Å². The summed E-state index contributed by atoms with van der Waals surface area (Å²) in [6, 6.07) is 16.2. The molecule has 0 unspecified atom stereocenters. The van der Waals surface area contributed by atoms with Crippen LogP contribution in [0, 0.1) is 20.8 Å². The number of hydrogen-bond acceptors (Lipinski definition) is 3. The summed E-state index contributed by atoms with van der Waals surface area (Å²) in [5.41, 5.74) is 6.00. The highest BCUT2D eigenvalue weighted by molar-refractivity contribution is 6.31. The van der Waals surface area contributed by atoms with Gasteiger partial charge in [0.15, 0.2) is 0 Å². The van der Waals surface area contributed by atoms with Crippen molar-refractivity contribution in [3.05, 3.63) is 81.8 Å². The third-order valence-corrected chi connectivity index (χ3v) is 6.17. The summed E-state index contributed by atoms with van der Waals surface area (Å²) in [6.45, 7) is 6.97. The molecule has 0 aliphatic rings. The van der Waals surface area contributed by atoms with Gasteiger partial charge >= 0.3 is 0 Å². The lowest BCUT2D eigenvalue weighted by Crippen LogP contribution is -2.30. The maximum Gasteiger partial charge on any atom is 0.241 e. The first kappa shape index (κ1) is 22.0. The highest BCUT2D eigenvalue weighted by Crippen LogP contribution is 2.27. The topological polar surface area (TPSA) is 71.9 Å². The molecule has 0 atom stereocenters. The second-order valence-corrected chi connectivity index (χ2v) is 8.33. The molecule has 0 fully saturated rings. The minimum atomic E-state index is -0.0864. The van der Waals surface area contributed by atoms with E-state index >= 15 is 0 Å². The molecule has 0 saturated carbocycles. The SMILES string of the molecule is Cc1nn(CC(=O)NCCc2c(C)[nH]c3ccc(OCc4ccccc4)cc23)c(C)c1Cl. The van der Waals surface area contributed by atoms with E-state index in [9.17, 15) is 4.79 Å². The molecule has 4 rings (SSSR count). The van der Waals surface area contributed by atoms with Crippen molar-refractivity contribution in [3.63, 3.8) is 0 Å². The number of fused-ring (bicyclic) bond motifs is 1. The fourth-order valence-corrected chi connectivity index (χ4v) is 4.00. The van der Waals surface area contributed by atoms with Crippen molar-refractivity contribution in [1.29, 1.82) is 0 Å². The lowest BCUT2D eigenvalue weighted by molar-refractivity contribution is -0.121. The summed E-state index contributed by atoms with van der Waals surface area (Å²) in [7, 11) is 0. The highest BCUT2D eigenvalue weighted by Gasteiger charge is 2.13. The molecule has 1 amide bonds. The lowest BCUT2D eigenvalue weighted by atomic mass is 10.1. The average molecular weight is 451 g/mol. The van der Waals surface area contributed by atoms with E-state index in [-0.39, 0.29) is 12.5 Å². The number of hydrogen-bond donors (Lipinski definition) is 2.